The number of anilines is 2. The molecule has 11 heteroatoms. The van der Waals surface area contributed by atoms with E-state index in [4.69, 9.17) is 5.73 Å². The molecule has 0 aliphatic carbocycles. The fraction of sp³-hybridized carbons (Fsp3) is 0.520. The van der Waals surface area contributed by atoms with E-state index in [9.17, 15) is 13.2 Å². The van der Waals surface area contributed by atoms with Crippen LogP contribution in [0.1, 0.15) is 43.6 Å². The molecular weight excluding hydrogens is 474 g/mol. The van der Waals surface area contributed by atoms with Crippen molar-refractivity contribution in [3.8, 4) is 11.4 Å². The van der Waals surface area contributed by atoms with Gasteiger partial charge in [-0.3, -0.25) is 4.98 Å². The average molecular weight is 506 g/mol. The van der Waals surface area contributed by atoms with Gasteiger partial charge in [0.15, 0.2) is 5.82 Å². The van der Waals surface area contributed by atoms with Crippen LogP contribution >= 0.6 is 0 Å². The molecule has 0 spiro atoms. The lowest BCUT2D eigenvalue weighted by atomic mass is 10.00. The van der Waals surface area contributed by atoms with E-state index in [0.29, 0.717) is 29.4 Å². The predicted molar refractivity (Wildman–Crippen MR) is 132 cm³/mol. The van der Waals surface area contributed by atoms with E-state index >= 15 is 4.39 Å². The van der Waals surface area contributed by atoms with Crippen LogP contribution in [0, 0.1) is 18.7 Å². The lowest BCUT2D eigenvalue weighted by Crippen LogP contribution is -2.35. The Kier molecular flexibility index (Phi) is 7.31. The molecule has 2 aliphatic rings. The highest BCUT2D eigenvalue weighted by atomic mass is 19.4. The second kappa shape index (κ2) is 10.1. The number of aromatic nitrogens is 4. The van der Waals surface area contributed by atoms with Crippen molar-refractivity contribution in [3.05, 3.63) is 35.0 Å². The van der Waals surface area contributed by atoms with Gasteiger partial charge in [0.05, 0.1) is 10.9 Å². The van der Waals surface area contributed by atoms with Crippen molar-refractivity contribution in [1.82, 2.24) is 24.8 Å². The Morgan fingerprint density at radius 3 is 2.39 bits per heavy atom. The number of rotatable bonds is 3. The zero-order valence-electron chi connectivity index (χ0n) is 21.0. The Morgan fingerprint density at radius 2 is 1.81 bits per heavy atom. The maximum absolute atomic E-state index is 15.7. The van der Waals surface area contributed by atoms with Gasteiger partial charge in [-0.2, -0.15) is 13.2 Å². The van der Waals surface area contributed by atoms with Gasteiger partial charge in [-0.05, 0) is 44.4 Å². The molecule has 5 rings (SSSR count). The van der Waals surface area contributed by atoms with Crippen LogP contribution in [0.4, 0.5) is 29.2 Å². The van der Waals surface area contributed by atoms with Crippen molar-refractivity contribution in [2.45, 2.75) is 46.2 Å². The Balaban J connectivity index is 0.000000692. The average Bonchev–Trinajstić information content (AvgIpc) is 3.59. The van der Waals surface area contributed by atoms with Crippen LogP contribution in [-0.2, 0) is 12.6 Å². The number of piperidine rings is 1. The first kappa shape index (κ1) is 26.0. The summed E-state index contributed by atoms with van der Waals surface area (Å²) in [5, 5.41) is 0.367. The third kappa shape index (κ3) is 5.50. The number of likely N-dealkylation sites (N-methyl/N-ethyl adjacent to an activating group) is 1. The van der Waals surface area contributed by atoms with Crippen LogP contribution in [0.5, 0.6) is 0 Å². The van der Waals surface area contributed by atoms with Crippen molar-refractivity contribution >= 4 is 22.5 Å². The number of fused-ring (bicyclic) bond motifs is 1. The van der Waals surface area contributed by atoms with Gasteiger partial charge in [0.2, 0.25) is 0 Å². The molecule has 0 bridgehead atoms. The Hall–Kier alpha value is -3.08. The van der Waals surface area contributed by atoms with E-state index in [1.165, 1.54) is 26.2 Å². The number of alkyl halides is 3. The zero-order chi connectivity index (χ0) is 26.2. The molecule has 3 aromatic rings. The normalized spacial score (nSPS) is 18.2. The van der Waals surface area contributed by atoms with Gasteiger partial charge in [-0.15, -0.1) is 0 Å². The topological polar surface area (TPSA) is 83.8 Å². The number of hydrogen-bond acceptors (Lipinski definition) is 7. The predicted octanol–water partition coefficient (Wildman–Crippen LogP) is 4.87. The summed E-state index contributed by atoms with van der Waals surface area (Å²) >= 11 is 0. The lowest BCUT2D eigenvalue weighted by molar-refractivity contribution is -0.137. The molecule has 1 atom stereocenters. The fourth-order valence-electron chi connectivity index (χ4n) is 4.36. The van der Waals surface area contributed by atoms with Gasteiger partial charge in [0.1, 0.15) is 34.4 Å². The van der Waals surface area contributed by atoms with E-state index < -0.39 is 28.9 Å². The molecule has 0 saturated carbocycles. The van der Waals surface area contributed by atoms with Crippen molar-refractivity contribution in [3.63, 3.8) is 0 Å². The summed E-state index contributed by atoms with van der Waals surface area (Å²) in [7, 11) is 2.11. The molecule has 0 radical (unpaired) electrons. The minimum absolute atomic E-state index is 0.0647. The van der Waals surface area contributed by atoms with Gasteiger partial charge in [0, 0.05) is 38.8 Å². The summed E-state index contributed by atoms with van der Waals surface area (Å²) in [5.74, 6) is 0.309. The molecule has 7 nitrogen and oxygen atoms in total. The molecule has 2 aliphatic heterocycles. The maximum atomic E-state index is 15.7. The number of aryl methyl sites for hydroxylation is 2. The van der Waals surface area contributed by atoms with Crippen LogP contribution < -0.4 is 10.6 Å². The highest BCUT2D eigenvalue weighted by Crippen LogP contribution is 2.40. The first-order valence-electron chi connectivity index (χ1n) is 12.1. The monoisotopic (exact) mass is 505 g/mol. The van der Waals surface area contributed by atoms with Crippen LogP contribution in [-0.4, -0.2) is 58.1 Å². The second-order valence-corrected chi connectivity index (χ2v) is 9.58. The number of nitrogens with zero attached hydrogens (tertiary/aromatic N) is 6. The first-order valence-corrected chi connectivity index (χ1v) is 12.1. The van der Waals surface area contributed by atoms with Crippen molar-refractivity contribution < 1.29 is 17.6 Å². The summed E-state index contributed by atoms with van der Waals surface area (Å²) in [4.78, 5) is 21.1. The quantitative estimate of drug-likeness (QED) is 0.402. The minimum atomic E-state index is -4.75. The van der Waals surface area contributed by atoms with E-state index in [2.05, 4.69) is 43.7 Å². The Morgan fingerprint density at radius 1 is 1.11 bits per heavy atom. The van der Waals surface area contributed by atoms with E-state index in [1.54, 1.807) is 0 Å². The fourth-order valence-corrected chi connectivity index (χ4v) is 4.36. The summed E-state index contributed by atoms with van der Waals surface area (Å²) in [5.41, 5.74) is 3.24. The number of nitrogen functional groups attached to an aromatic ring is 1. The SMILES string of the molecule is CCc1nc(N2CCCC(C)C2)c2cnc(-c3nc(N)cc(C)c3C(F)(F)F)c(F)c2n1.CN1CC1. The van der Waals surface area contributed by atoms with E-state index in [1.807, 2.05) is 6.92 Å². The largest absolute Gasteiger partial charge is 0.418 e. The Bertz CT molecular complexity index is 1260. The van der Waals surface area contributed by atoms with Crippen LogP contribution in [0.15, 0.2) is 12.3 Å². The second-order valence-electron chi connectivity index (χ2n) is 9.58. The van der Waals surface area contributed by atoms with E-state index in [0.717, 1.165) is 32.0 Å². The van der Waals surface area contributed by atoms with Crippen LogP contribution in [0.25, 0.3) is 22.3 Å². The standard InChI is InChI=1S/C22H24F4N6.C3H7N/c1-4-15-30-18-13(21(31-15)32-7-5-6-11(2)10-32)9-28-20(17(18)23)19-16(22(24,25)26)12(3)8-14(27)29-19;1-4-2-3-4/h8-9,11H,4-7,10H2,1-3H3,(H2,27,29);2-3H2,1H3. The molecule has 1 unspecified atom stereocenters. The smallest absolute Gasteiger partial charge is 0.384 e. The Labute approximate surface area is 207 Å². The lowest BCUT2D eigenvalue weighted by Gasteiger charge is -2.32. The molecule has 0 amide bonds. The highest BCUT2D eigenvalue weighted by molar-refractivity contribution is 5.91. The maximum Gasteiger partial charge on any atom is 0.418 e. The molecule has 3 aromatic heterocycles. The third-order valence-electron chi connectivity index (χ3n) is 6.40. The van der Waals surface area contributed by atoms with Gasteiger partial charge in [0.25, 0.3) is 0 Å². The van der Waals surface area contributed by atoms with Crippen molar-refractivity contribution in [1.29, 1.82) is 0 Å². The molecule has 5 heterocycles. The van der Waals surface area contributed by atoms with Gasteiger partial charge in [-0.25, -0.2) is 19.3 Å². The van der Waals surface area contributed by atoms with Gasteiger partial charge >= 0.3 is 6.18 Å². The summed E-state index contributed by atoms with van der Waals surface area (Å²) in [6, 6.07) is 1.11. The molecule has 2 saturated heterocycles. The summed E-state index contributed by atoms with van der Waals surface area (Å²) in [6.45, 7) is 9.40. The molecule has 194 valence electrons. The van der Waals surface area contributed by atoms with Gasteiger partial charge in [-0.1, -0.05) is 13.8 Å². The third-order valence-corrected chi connectivity index (χ3v) is 6.40. The first-order chi connectivity index (χ1) is 17.0. The minimum Gasteiger partial charge on any atom is -0.384 e. The van der Waals surface area contributed by atoms with E-state index in [-0.39, 0.29) is 16.9 Å². The molecule has 36 heavy (non-hydrogen) atoms. The molecule has 0 aromatic carbocycles. The number of hydrogen-bond donors (Lipinski definition) is 1. The molecular formula is C25H31F4N7. The number of halogens is 4. The summed E-state index contributed by atoms with van der Waals surface area (Å²) < 4.78 is 57.0. The number of pyridine rings is 2. The van der Waals surface area contributed by atoms with Crippen LogP contribution in [0.2, 0.25) is 0 Å². The molecule has 2 N–H and O–H groups in total. The summed E-state index contributed by atoms with van der Waals surface area (Å²) in [6.07, 6.45) is -0.894. The van der Waals surface area contributed by atoms with Gasteiger partial charge < -0.3 is 15.5 Å². The van der Waals surface area contributed by atoms with Crippen molar-refractivity contribution in [2.75, 3.05) is 43.9 Å². The van der Waals surface area contributed by atoms with Crippen molar-refractivity contribution in [2.24, 2.45) is 5.92 Å². The van der Waals surface area contributed by atoms with Crippen LogP contribution in [0.3, 0.4) is 0 Å². The zero-order valence-corrected chi connectivity index (χ0v) is 21.0. The highest BCUT2D eigenvalue weighted by Gasteiger charge is 2.38. The molecule has 2 fully saturated rings. The number of nitrogens with two attached hydrogens (primary N) is 1.